The highest BCUT2D eigenvalue weighted by molar-refractivity contribution is 7.99. The molecule has 25 heavy (non-hydrogen) atoms. The fraction of sp³-hybridized carbons (Fsp3) is 0.471. The summed E-state index contributed by atoms with van der Waals surface area (Å²) in [5, 5.41) is 13.7. The largest absolute Gasteiger partial charge is 0.338 e. The quantitative estimate of drug-likeness (QED) is 0.564. The van der Waals surface area contributed by atoms with Gasteiger partial charge in [-0.05, 0) is 31.9 Å². The summed E-state index contributed by atoms with van der Waals surface area (Å²) in [7, 11) is 0. The second-order valence-corrected chi connectivity index (χ2v) is 7.06. The molecule has 0 amide bonds. The Kier molecular flexibility index (Phi) is 5.80. The average molecular weight is 358 g/mol. The van der Waals surface area contributed by atoms with Crippen molar-refractivity contribution in [2.24, 2.45) is 0 Å². The molecule has 0 radical (unpaired) electrons. The van der Waals surface area contributed by atoms with E-state index in [9.17, 15) is 0 Å². The first kappa shape index (κ1) is 17.6. The Hall–Kier alpha value is -2.22. The topological polar surface area (TPSA) is 82.5 Å². The van der Waals surface area contributed by atoms with Gasteiger partial charge in [0.05, 0.1) is 5.25 Å². The predicted molar refractivity (Wildman–Crippen MR) is 96.1 cm³/mol. The molecule has 3 aromatic rings. The van der Waals surface area contributed by atoms with Gasteiger partial charge in [-0.15, -0.1) is 10.2 Å². The van der Waals surface area contributed by atoms with Gasteiger partial charge in [0.2, 0.25) is 5.89 Å². The molecule has 0 saturated heterocycles. The number of pyridine rings is 1. The summed E-state index contributed by atoms with van der Waals surface area (Å²) in [6, 6.07) is 3.89. The van der Waals surface area contributed by atoms with Crippen molar-refractivity contribution in [1.29, 1.82) is 0 Å². The highest BCUT2D eigenvalue weighted by Gasteiger charge is 2.21. The minimum absolute atomic E-state index is 0.0169. The molecule has 0 aromatic carbocycles. The maximum atomic E-state index is 5.39. The smallest absolute Gasteiger partial charge is 0.239 e. The predicted octanol–water partition coefficient (Wildman–Crippen LogP) is 3.94. The van der Waals surface area contributed by atoms with Crippen LogP contribution >= 0.6 is 11.8 Å². The molecule has 0 aliphatic carbocycles. The summed E-state index contributed by atoms with van der Waals surface area (Å²) in [5.74, 6) is 2.25. The molecule has 0 saturated carbocycles. The number of aryl methyl sites for hydroxylation is 1. The molecule has 8 heteroatoms. The first-order valence-corrected chi connectivity index (χ1v) is 9.43. The minimum Gasteiger partial charge on any atom is -0.338 e. The molecule has 3 aromatic heterocycles. The lowest BCUT2D eigenvalue weighted by Crippen LogP contribution is -2.03. The molecule has 1 unspecified atom stereocenters. The van der Waals surface area contributed by atoms with E-state index in [-0.39, 0.29) is 5.25 Å². The molecule has 0 N–H and O–H groups in total. The van der Waals surface area contributed by atoms with E-state index < -0.39 is 0 Å². The van der Waals surface area contributed by atoms with Gasteiger partial charge in [0.15, 0.2) is 16.8 Å². The Morgan fingerprint density at radius 1 is 1.16 bits per heavy atom. The number of nitrogens with zero attached hydrogens (tertiary/aromatic N) is 6. The van der Waals surface area contributed by atoms with Crippen LogP contribution in [0.2, 0.25) is 0 Å². The van der Waals surface area contributed by atoms with Crippen molar-refractivity contribution in [1.82, 2.24) is 29.9 Å². The van der Waals surface area contributed by atoms with Gasteiger partial charge in [0.25, 0.3) is 0 Å². The molecule has 7 nitrogen and oxygen atoms in total. The van der Waals surface area contributed by atoms with E-state index in [1.807, 2.05) is 19.1 Å². The van der Waals surface area contributed by atoms with Crippen molar-refractivity contribution >= 4 is 11.8 Å². The lowest BCUT2D eigenvalue weighted by molar-refractivity contribution is 0.374. The molecule has 0 spiro atoms. The molecule has 132 valence electrons. The van der Waals surface area contributed by atoms with Crippen molar-refractivity contribution in [3.05, 3.63) is 36.2 Å². The summed E-state index contributed by atoms with van der Waals surface area (Å²) in [4.78, 5) is 8.54. The Morgan fingerprint density at radius 2 is 1.96 bits per heavy atom. The van der Waals surface area contributed by atoms with Gasteiger partial charge in [-0.3, -0.25) is 4.98 Å². The zero-order valence-electron chi connectivity index (χ0n) is 14.7. The molecule has 0 fully saturated rings. The summed E-state index contributed by atoms with van der Waals surface area (Å²) in [6.45, 7) is 7.14. The third-order valence-electron chi connectivity index (χ3n) is 3.69. The Balaban J connectivity index is 1.83. The number of thioether (sulfide) groups is 1. The average Bonchev–Trinajstić information content (AvgIpc) is 3.24. The van der Waals surface area contributed by atoms with E-state index in [2.05, 4.69) is 43.7 Å². The van der Waals surface area contributed by atoms with Crippen LogP contribution in [0.4, 0.5) is 0 Å². The Labute approximate surface area is 151 Å². The van der Waals surface area contributed by atoms with Crippen LogP contribution in [0.1, 0.15) is 50.6 Å². The van der Waals surface area contributed by atoms with Gasteiger partial charge in [0.1, 0.15) is 0 Å². The SMILES string of the molecule is CCCc1noc(C(C)Sc2nnc(-c3ccncc3)n2CCC)n1. The van der Waals surface area contributed by atoms with E-state index in [1.54, 1.807) is 24.2 Å². The van der Waals surface area contributed by atoms with Crippen molar-refractivity contribution in [2.75, 3.05) is 0 Å². The fourth-order valence-corrected chi connectivity index (χ4v) is 3.39. The van der Waals surface area contributed by atoms with Crippen molar-refractivity contribution in [3.8, 4) is 11.4 Å². The van der Waals surface area contributed by atoms with Gasteiger partial charge in [-0.1, -0.05) is 30.8 Å². The summed E-state index contributed by atoms with van der Waals surface area (Å²) in [6.07, 6.45) is 6.37. The van der Waals surface area contributed by atoms with Crippen molar-refractivity contribution < 1.29 is 4.52 Å². The van der Waals surface area contributed by atoms with Crippen LogP contribution in [0.25, 0.3) is 11.4 Å². The number of hydrogen-bond donors (Lipinski definition) is 0. The van der Waals surface area contributed by atoms with E-state index >= 15 is 0 Å². The molecule has 1 atom stereocenters. The van der Waals surface area contributed by atoms with Crippen molar-refractivity contribution in [2.45, 2.75) is 57.0 Å². The van der Waals surface area contributed by atoms with E-state index in [0.717, 1.165) is 48.2 Å². The second-order valence-electron chi connectivity index (χ2n) is 5.75. The van der Waals surface area contributed by atoms with Gasteiger partial charge in [-0.25, -0.2) is 0 Å². The Morgan fingerprint density at radius 3 is 2.68 bits per heavy atom. The highest BCUT2D eigenvalue weighted by Crippen LogP contribution is 2.34. The third kappa shape index (κ3) is 4.07. The molecular weight excluding hydrogens is 336 g/mol. The first-order chi connectivity index (χ1) is 12.2. The fourth-order valence-electron chi connectivity index (χ4n) is 2.48. The molecule has 3 heterocycles. The monoisotopic (exact) mass is 358 g/mol. The molecule has 3 rings (SSSR count). The summed E-state index contributed by atoms with van der Waals surface area (Å²) < 4.78 is 7.53. The Bertz CT molecular complexity index is 801. The van der Waals surface area contributed by atoms with Gasteiger partial charge in [0, 0.05) is 30.9 Å². The van der Waals surface area contributed by atoms with Crippen LogP contribution in [0.15, 0.2) is 34.2 Å². The summed E-state index contributed by atoms with van der Waals surface area (Å²) in [5.41, 5.74) is 1.01. The lowest BCUT2D eigenvalue weighted by Gasteiger charge is -2.10. The third-order valence-corrected chi connectivity index (χ3v) is 4.76. The van der Waals surface area contributed by atoms with Crippen LogP contribution in [0, 0.1) is 0 Å². The number of rotatable bonds is 8. The summed E-state index contributed by atoms with van der Waals surface area (Å²) >= 11 is 1.59. The van der Waals surface area contributed by atoms with Crippen LogP contribution in [0.5, 0.6) is 0 Å². The van der Waals surface area contributed by atoms with Gasteiger partial charge in [-0.2, -0.15) is 4.98 Å². The molecule has 0 aliphatic heterocycles. The van der Waals surface area contributed by atoms with E-state index in [4.69, 9.17) is 4.52 Å². The molecular formula is C17H22N6OS. The molecule has 0 bridgehead atoms. The maximum absolute atomic E-state index is 5.39. The van der Waals surface area contributed by atoms with E-state index in [1.165, 1.54) is 0 Å². The number of hydrogen-bond acceptors (Lipinski definition) is 7. The zero-order valence-corrected chi connectivity index (χ0v) is 15.5. The first-order valence-electron chi connectivity index (χ1n) is 8.55. The van der Waals surface area contributed by atoms with E-state index in [0.29, 0.717) is 5.89 Å². The van der Waals surface area contributed by atoms with Crippen LogP contribution in [-0.4, -0.2) is 29.9 Å². The van der Waals surface area contributed by atoms with Crippen molar-refractivity contribution in [3.63, 3.8) is 0 Å². The van der Waals surface area contributed by atoms with Gasteiger partial charge >= 0.3 is 0 Å². The molecule has 0 aliphatic rings. The standard InChI is InChI=1S/C17H22N6OS/c1-4-6-14-19-16(24-22-14)12(3)25-17-21-20-15(23(17)11-5-2)13-7-9-18-10-8-13/h7-10,12H,4-6,11H2,1-3H3. The second kappa shape index (κ2) is 8.24. The lowest BCUT2D eigenvalue weighted by atomic mass is 10.2. The highest BCUT2D eigenvalue weighted by atomic mass is 32.2. The zero-order chi connectivity index (χ0) is 17.6. The van der Waals surface area contributed by atoms with Crippen LogP contribution < -0.4 is 0 Å². The van der Waals surface area contributed by atoms with Crippen LogP contribution in [-0.2, 0) is 13.0 Å². The minimum atomic E-state index is 0.0169. The van der Waals surface area contributed by atoms with Gasteiger partial charge < -0.3 is 9.09 Å². The number of aromatic nitrogens is 6. The normalized spacial score (nSPS) is 12.4. The van der Waals surface area contributed by atoms with Crippen LogP contribution in [0.3, 0.4) is 0 Å². The maximum Gasteiger partial charge on any atom is 0.239 e.